The molecule has 2 nitrogen and oxygen atoms in total. The number of hydrogen-bond acceptors (Lipinski definition) is 3. The molecule has 8 heteroatoms. The molecule has 0 radical (unpaired) electrons. The van der Waals surface area contributed by atoms with Crippen molar-refractivity contribution in [2.75, 3.05) is 11.1 Å². The number of nitrogens with zero attached hydrogens (tertiary/aromatic N) is 1. The summed E-state index contributed by atoms with van der Waals surface area (Å²) < 4.78 is 70.2. The van der Waals surface area contributed by atoms with Gasteiger partial charge in [-0.25, -0.2) is 22.0 Å². The first-order chi connectivity index (χ1) is 17.6. The van der Waals surface area contributed by atoms with Crippen molar-refractivity contribution >= 4 is 28.2 Å². The van der Waals surface area contributed by atoms with Crippen molar-refractivity contribution < 1.29 is 22.0 Å². The van der Waals surface area contributed by atoms with Gasteiger partial charge in [0.2, 0.25) is 5.82 Å². The van der Waals surface area contributed by atoms with Gasteiger partial charge in [0.15, 0.2) is 23.3 Å². The van der Waals surface area contributed by atoms with Crippen LogP contribution in [0.4, 0.5) is 27.6 Å². The van der Waals surface area contributed by atoms with Crippen LogP contribution in [0.1, 0.15) is 67.8 Å². The number of hydrogen-bond donors (Lipinski definition) is 1. The Labute approximate surface area is 217 Å². The Kier molecular flexibility index (Phi) is 8.07. The molecular weight excluding hydrogens is 503 g/mol. The maximum absolute atomic E-state index is 14.5. The summed E-state index contributed by atoms with van der Waals surface area (Å²) in [5.41, 5.74) is 3.17. The zero-order valence-corrected chi connectivity index (χ0v) is 21.7. The number of thioether (sulfide) groups is 1. The smallest absolute Gasteiger partial charge is 0.200 e. The topological polar surface area (TPSA) is 24.4 Å². The Morgan fingerprint density at radius 3 is 1.89 bits per heavy atom. The van der Waals surface area contributed by atoms with Crippen LogP contribution in [0, 0.1) is 29.1 Å². The SMILES string of the molecule is CC(C)c1cccc(C(C)C)c1C1CSC(C=C(Nc2c(F)c(F)c(F)c(F)c2F)c2ccccc2)=N1. The van der Waals surface area contributed by atoms with E-state index in [4.69, 9.17) is 4.99 Å². The van der Waals surface area contributed by atoms with Crippen molar-refractivity contribution in [2.45, 2.75) is 45.6 Å². The molecule has 1 unspecified atom stereocenters. The number of anilines is 1. The Morgan fingerprint density at radius 2 is 1.35 bits per heavy atom. The molecule has 1 N–H and O–H groups in total. The van der Waals surface area contributed by atoms with Crippen LogP contribution >= 0.6 is 11.8 Å². The van der Waals surface area contributed by atoms with Gasteiger partial charge in [0.25, 0.3) is 0 Å². The molecule has 0 saturated carbocycles. The van der Waals surface area contributed by atoms with Crippen molar-refractivity contribution in [2.24, 2.45) is 4.99 Å². The molecule has 0 spiro atoms. The lowest BCUT2D eigenvalue weighted by atomic mass is 9.85. The summed E-state index contributed by atoms with van der Waals surface area (Å²) in [6.07, 6.45) is 1.59. The summed E-state index contributed by atoms with van der Waals surface area (Å²) in [4.78, 5) is 4.91. The van der Waals surface area contributed by atoms with E-state index in [0.29, 0.717) is 28.2 Å². The van der Waals surface area contributed by atoms with E-state index in [1.807, 2.05) is 0 Å². The summed E-state index contributed by atoms with van der Waals surface area (Å²) in [6.45, 7) is 8.54. The van der Waals surface area contributed by atoms with Crippen LogP contribution < -0.4 is 5.32 Å². The maximum atomic E-state index is 14.5. The molecule has 1 atom stereocenters. The predicted octanol–water partition coefficient (Wildman–Crippen LogP) is 8.97. The third-order valence-corrected chi connectivity index (χ3v) is 7.25. The molecule has 4 rings (SSSR count). The van der Waals surface area contributed by atoms with Gasteiger partial charge in [-0.05, 0) is 40.2 Å². The van der Waals surface area contributed by atoms with Gasteiger partial charge >= 0.3 is 0 Å². The minimum absolute atomic E-state index is 0.126. The molecule has 194 valence electrons. The number of halogens is 5. The number of rotatable bonds is 7. The van der Waals surface area contributed by atoms with Gasteiger partial charge in [0.1, 0.15) is 5.69 Å². The van der Waals surface area contributed by atoms with Gasteiger partial charge in [0.05, 0.1) is 11.1 Å². The number of nitrogens with one attached hydrogen (secondary N) is 1. The van der Waals surface area contributed by atoms with Crippen molar-refractivity contribution in [3.8, 4) is 0 Å². The second kappa shape index (κ2) is 11.1. The van der Waals surface area contributed by atoms with E-state index in [1.165, 1.54) is 28.5 Å². The molecule has 0 aliphatic carbocycles. The van der Waals surface area contributed by atoms with Gasteiger partial charge in [-0.1, -0.05) is 76.2 Å². The molecule has 1 aliphatic heterocycles. The third kappa shape index (κ3) is 5.44. The third-order valence-electron chi connectivity index (χ3n) is 6.25. The molecule has 3 aromatic carbocycles. The van der Waals surface area contributed by atoms with Crippen LogP contribution in [0.5, 0.6) is 0 Å². The van der Waals surface area contributed by atoms with Crippen molar-refractivity contribution in [1.82, 2.24) is 0 Å². The molecule has 0 fully saturated rings. The lowest BCUT2D eigenvalue weighted by molar-refractivity contribution is 0.382. The highest BCUT2D eigenvalue weighted by Crippen LogP contribution is 2.40. The van der Waals surface area contributed by atoms with Gasteiger partial charge in [-0.2, -0.15) is 0 Å². The monoisotopic (exact) mass is 530 g/mol. The highest BCUT2D eigenvalue weighted by Gasteiger charge is 2.28. The minimum atomic E-state index is -2.20. The van der Waals surface area contributed by atoms with Crippen molar-refractivity contribution in [3.63, 3.8) is 0 Å². The van der Waals surface area contributed by atoms with E-state index in [0.717, 1.165) is 0 Å². The first kappa shape index (κ1) is 26.9. The molecule has 1 heterocycles. The van der Waals surface area contributed by atoms with Gasteiger partial charge in [-0.15, -0.1) is 11.8 Å². The fourth-order valence-electron chi connectivity index (χ4n) is 4.39. The first-order valence-electron chi connectivity index (χ1n) is 12.0. The Balaban J connectivity index is 1.79. The van der Waals surface area contributed by atoms with Crippen LogP contribution in [0.3, 0.4) is 0 Å². The molecular formula is C29H27F5N2S. The molecule has 0 aromatic heterocycles. The highest BCUT2D eigenvalue weighted by atomic mass is 32.2. The Morgan fingerprint density at radius 1 is 0.811 bits per heavy atom. The molecule has 3 aromatic rings. The highest BCUT2D eigenvalue weighted by molar-refractivity contribution is 8.14. The van der Waals surface area contributed by atoms with E-state index in [-0.39, 0.29) is 11.7 Å². The second-order valence-electron chi connectivity index (χ2n) is 9.45. The summed E-state index contributed by atoms with van der Waals surface area (Å²) in [6, 6.07) is 14.7. The van der Waals surface area contributed by atoms with Crippen molar-refractivity contribution in [1.29, 1.82) is 0 Å². The van der Waals surface area contributed by atoms with Crippen LogP contribution in [-0.4, -0.2) is 10.8 Å². The summed E-state index contributed by atoms with van der Waals surface area (Å²) in [5.74, 6) is -8.81. The fourth-order valence-corrected chi connectivity index (χ4v) is 5.37. The number of aliphatic imine (C=N–C) groups is 1. The normalized spacial score (nSPS) is 16.0. The summed E-state index contributed by atoms with van der Waals surface area (Å²) >= 11 is 1.47. The minimum Gasteiger partial charge on any atom is -0.350 e. The van der Waals surface area contributed by atoms with Crippen molar-refractivity contribution in [3.05, 3.63) is 106 Å². The zero-order valence-electron chi connectivity index (χ0n) is 20.9. The van der Waals surface area contributed by atoms with E-state index < -0.39 is 34.8 Å². The lowest BCUT2D eigenvalue weighted by Gasteiger charge is -2.22. The van der Waals surface area contributed by atoms with Gasteiger partial charge < -0.3 is 5.32 Å². The van der Waals surface area contributed by atoms with E-state index in [1.54, 1.807) is 36.4 Å². The first-order valence-corrected chi connectivity index (χ1v) is 13.0. The maximum Gasteiger partial charge on any atom is 0.200 e. The van der Waals surface area contributed by atoms with E-state index in [9.17, 15) is 22.0 Å². The molecule has 0 bridgehead atoms. The van der Waals surface area contributed by atoms with E-state index in [2.05, 4.69) is 51.2 Å². The quantitative estimate of drug-likeness (QED) is 0.187. The molecule has 0 saturated heterocycles. The second-order valence-corrected chi connectivity index (χ2v) is 10.5. The Hall–Kier alpha value is -3.13. The molecule has 1 aliphatic rings. The predicted molar refractivity (Wildman–Crippen MR) is 142 cm³/mol. The summed E-state index contributed by atoms with van der Waals surface area (Å²) in [5, 5.41) is 3.04. The molecule has 0 amide bonds. The number of benzene rings is 3. The van der Waals surface area contributed by atoms with E-state index >= 15 is 0 Å². The van der Waals surface area contributed by atoms with Gasteiger partial charge in [-0.3, -0.25) is 4.99 Å². The van der Waals surface area contributed by atoms with Gasteiger partial charge in [0, 0.05) is 11.4 Å². The van der Waals surface area contributed by atoms with Crippen LogP contribution in [0.25, 0.3) is 5.70 Å². The summed E-state index contributed by atoms with van der Waals surface area (Å²) in [7, 11) is 0. The largest absolute Gasteiger partial charge is 0.350 e. The van der Waals surface area contributed by atoms with Crippen LogP contribution in [0.15, 0.2) is 59.6 Å². The fraction of sp³-hybridized carbons (Fsp3) is 0.276. The Bertz CT molecular complexity index is 1310. The standard InChI is InChI=1S/C29H27F5N2S/c1-15(2)18-11-8-12-19(16(3)4)23(18)21-14-37-22(35-21)13-20(17-9-6-5-7-10-17)36-29-27(33)25(31)24(30)26(32)28(29)34/h5-13,15-16,21,36H,14H2,1-4H3. The average Bonchev–Trinajstić information content (AvgIpc) is 3.36. The zero-order chi connectivity index (χ0) is 26.9. The van der Waals surface area contributed by atoms with Crippen LogP contribution in [0.2, 0.25) is 0 Å². The lowest BCUT2D eigenvalue weighted by Crippen LogP contribution is -2.10. The molecule has 37 heavy (non-hydrogen) atoms. The average molecular weight is 531 g/mol. The van der Waals surface area contributed by atoms with Crippen LogP contribution in [-0.2, 0) is 0 Å².